The third-order valence-electron chi connectivity index (χ3n) is 1.03. The molecule has 0 unspecified atom stereocenters. The molecular weight excluding hydrogens is 272 g/mol. The Balaban J connectivity index is 3.33. The first kappa shape index (κ1) is 9.88. The van der Waals surface area contributed by atoms with Crippen LogP contribution in [0.15, 0.2) is 21.6 Å². The lowest BCUT2D eigenvalue weighted by Gasteiger charge is -1.95. The number of nitrogens with zero attached hydrogens (tertiary/aromatic N) is 1. The van der Waals surface area contributed by atoms with Gasteiger partial charge in [0, 0.05) is 10.7 Å². The molecule has 0 aromatic carbocycles. The van der Waals surface area contributed by atoms with Gasteiger partial charge in [-0.05, 0) is 28.1 Å². The smallest absolute Gasteiger partial charge is 0.206 e. The monoisotopic (exact) mass is 273 g/mol. The second kappa shape index (κ2) is 3.27. The van der Waals surface area contributed by atoms with Crippen molar-refractivity contribution >= 4 is 35.7 Å². The van der Waals surface area contributed by atoms with Crippen molar-refractivity contribution in [2.24, 2.45) is 0 Å². The van der Waals surface area contributed by atoms with Gasteiger partial charge in [0.15, 0.2) is 5.03 Å². The highest BCUT2D eigenvalue weighted by Gasteiger charge is 2.13. The van der Waals surface area contributed by atoms with Gasteiger partial charge in [-0.1, -0.05) is 0 Å². The maximum absolute atomic E-state index is 12.6. The largest absolute Gasteiger partial charge is 0.278 e. The molecule has 1 aromatic rings. The van der Waals surface area contributed by atoms with Crippen LogP contribution in [0.1, 0.15) is 0 Å². The number of rotatable bonds is 1. The van der Waals surface area contributed by atoms with E-state index in [1.165, 1.54) is 6.07 Å². The minimum Gasteiger partial charge on any atom is -0.206 e. The average molecular weight is 274 g/mol. The summed E-state index contributed by atoms with van der Waals surface area (Å²) in [4.78, 5) is 3.11. The molecule has 1 aromatic heterocycles. The predicted molar refractivity (Wildman–Crippen MR) is 44.9 cm³/mol. The zero-order valence-electron chi connectivity index (χ0n) is 5.46. The summed E-state index contributed by atoms with van der Waals surface area (Å²) in [5, 5.41) is -0.495. The molecule has 0 amide bonds. The van der Waals surface area contributed by atoms with Crippen molar-refractivity contribution in [1.82, 2.24) is 4.98 Å². The third kappa shape index (κ3) is 2.15. The van der Waals surface area contributed by atoms with Crippen LogP contribution in [0, 0.1) is 5.95 Å². The van der Waals surface area contributed by atoms with Crippen LogP contribution in [-0.4, -0.2) is 13.4 Å². The van der Waals surface area contributed by atoms with Crippen molar-refractivity contribution in [2.45, 2.75) is 5.03 Å². The molecule has 1 heterocycles. The van der Waals surface area contributed by atoms with Crippen molar-refractivity contribution in [1.29, 1.82) is 0 Å². The minimum absolute atomic E-state index is 0.0894. The van der Waals surface area contributed by atoms with Gasteiger partial charge in [0.25, 0.3) is 9.05 Å². The Hall–Kier alpha value is -0.200. The van der Waals surface area contributed by atoms with Crippen LogP contribution in [0.2, 0.25) is 0 Å². The Labute approximate surface area is 81.1 Å². The van der Waals surface area contributed by atoms with Gasteiger partial charge < -0.3 is 0 Å². The van der Waals surface area contributed by atoms with Gasteiger partial charge in [-0.15, -0.1) is 0 Å². The molecule has 7 heteroatoms. The molecule has 0 spiro atoms. The van der Waals surface area contributed by atoms with E-state index >= 15 is 0 Å². The molecule has 0 bridgehead atoms. The van der Waals surface area contributed by atoms with E-state index in [1.807, 2.05) is 0 Å². The van der Waals surface area contributed by atoms with Crippen LogP contribution in [0.4, 0.5) is 4.39 Å². The summed E-state index contributed by atoms with van der Waals surface area (Å²) in [6.07, 6.45) is 0. The molecule has 1 rings (SSSR count). The van der Waals surface area contributed by atoms with Crippen LogP contribution in [0.5, 0.6) is 0 Å². The average Bonchev–Trinajstić information content (AvgIpc) is 1.92. The summed E-state index contributed by atoms with van der Waals surface area (Å²) < 4.78 is 34.0. The molecular formula is C5H2BrClFNO2S. The lowest BCUT2D eigenvalue weighted by Crippen LogP contribution is -1.97. The number of aromatic nitrogens is 1. The van der Waals surface area contributed by atoms with Gasteiger partial charge in [0.05, 0.1) is 4.47 Å². The van der Waals surface area contributed by atoms with E-state index in [1.54, 1.807) is 0 Å². The van der Waals surface area contributed by atoms with Gasteiger partial charge in [0.2, 0.25) is 5.95 Å². The van der Waals surface area contributed by atoms with Gasteiger partial charge in [0.1, 0.15) is 0 Å². The first-order chi connectivity index (χ1) is 5.41. The molecule has 0 fully saturated rings. The fraction of sp³-hybridized carbons (Fsp3) is 0. The van der Waals surface area contributed by atoms with Gasteiger partial charge in [-0.2, -0.15) is 4.39 Å². The van der Waals surface area contributed by atoms with Gasteiger partial charge >= 0.3 is 0 Å². The van der Waals surface area contributed by atoms with E-state index in [0.717, 1.165) is 6.07 Å². The Kier molecular flexibility index (Phi) is 2.70. The standard InChI is InChI=1S/C5H2BrClFNO2S/c6-3-1-2-4(9-5(3)8)12(7,10)11/h1-2H. The molecule has 0 N–H and O–H groups in total. The highest BCUT2D eigenvalue weighted by atomic mass is 79.9. The van der Waals surface area contributed by atoms with E-state index < -0.39 is 20.0 Å². The molecule has 3 nitrogen and oxygen atoms in total. The Morgan fingerprint density at radius 3 is 2.50 bits per heavy atom. The Bertz CT molecular complexity index is 408. The van der Waals surface area contributed by atoms with Crippen LogP contribution < -0.4 is 0 Å². The highest BCUT2D eigenvalue weighted by molar-refractivity contribution is 9.10. The first-order valence-electron chi connectivity index (χ1n) is 2.68. The summed E-state index contributed by atoms with van der Waals surface area (Å²) in [7, 11) is 0.969. The lowest BCUT2D eigenvalue weighted by atomic mass is 10.5. The van der Waals surface area contributed by atoms with Crippen LogP contribution in [0.3, 0.4) is 0 Å². The lowest BCUT2D eigenvalue weighted by molar-refractivity contribution is 0.555. The van der Waals surface area contributed by atoms with E-state index in [9.17, 15) is 12.8 Å². The molecule has 0 radical (unpaired) electrons. The quantitative estimate of drug-likeness (QED) is 0.580. The number of halogens is 3. The Morgan fingerprint density at radius 1 is 1.50 bits per heavy atom. The Morgan fingerprint density at radius 2 is 2.08 bits per heavy atom. The zero-order valence-corrected chi connectivity index (χ0v) is 8.62. The second-order valence-electron chi connectivity index (χ2n) is 1.86. The molecule has 0 aliphatic heterocycles. The molecule has 0 aliphatic rings. The van der Waals surface area contributed by atoms with E-state index in [2.05, 4.69) is 20.9 Å². The summed E-state index contributed by atoms with van der Waals surface area (Å²) in [6.45, 7) is 0. The molecule has 0 atom stereocenters. The molecule has 12 heavy (non-hydrogen) atoms. The molecule has 0 saturated carbocycles. The van der Waals surface area contributed by atoms with Crippen LogP contribution in [-0.2, 0) is 9.05 Å². The van der Waals surface area contributed by atoms with Crippen molar-refractivity contribution in [2.75, 3.05) is 0 Å². The summed E-state index contributed by atoms with van der Waals surface area (Å²) in [5.74, 6) is -0.906. The van der Waals surface area contributed by atoms with Gasteiger partial charge in [-0.3, -0.25) is 0 Å². The summed E-state index contributed by atoms with van der Waals surface area (Å²) in [5.41, 5.74) is 0. The van der Waals surface area contributed by atoms with Crippen molar-refractivity contribution in [3.63, 3.8) is 0 Å². The first-order valence-corrected chi connectivity index (χ1v) is 5.78. The fourth-order valence-electron chi connectivity index (χ4n) is 0.536. The molecule has 0 saturated heterocycles. The number of hydrogen-bond donors (Lipinski definition) is 0. The van der Waals surface area contributed by atoms with E-state index in [4.69, 9.17) is 10.7 Å². The minimum atomic E-state index is -3.94. The zero-order chi connectivity index (χ0) is 9.35. The van der Waals surface area contributed by atoms with Crippen LogP contribution in [0.25, 0.3) is 0 Å². The normalized spacial score (nSPS) is 11.6. The van der Waals surface area contributed by atoms with Gasteiger partial charge in [-0.25, -0.2) is 13.4 Å². The SMILES string of the molecule is O=S(=O)(Cl)c1ccc(Br)c(F)n1. The highest BCUT2D eigenvalue weighted by Crippen LogP contribution is 2.17. The summed E-state index contributed by atoms with van der Waals surface area (Å²) >= 11 is 2.82. The maximum atomic E-state index is 12.6. The van der Waals surface area contributed by atoms with Crippen molar-refractivity contribution < 1.29 is 12.8 Å². The number of hydrogen-bond acceptors (Lipinski definition) is 3. The molecule has 66 valence electrons. The maximum Gasteiger partial charge on any atom is 0.278 e. The van der Waals surface area contributed by atoms with Crippen LogP contribution >= 0.6 is 26.6 Å². The second-order valence-corrected chi connectivity index (χ2v) is 5.23. The van der Waals surface area contributed by atoms with Crippen molar-refractivity contribution in [3.8, 4) is 0 Å². The molecule has 0 aliphatic carbocycles. The van der Waals surface area contributed by atoms with Crippen molar-refractivity contribution in [3.05, 3.63) is 22.6 Å². The predicted octanol–water partition coefficient (Wildman–Crippen LogP) is 1.91. The third-order valence-corrected chi connectivity index (χ3v) is 2.82. The summed E-state index contributed by atoms with van der Waals surface area (Å²) in [6, 6.07) is 2.33. The fourth-order valence-corrected chi connectivity index (χ4v) is 1.43. The van der Waals surface area contributed by atoms with E-state index in [0.29, 0.717) is 0 Å². The topological polar surface area (TPSA) is 47.0 Å². The number of pyridine rings is 1. The van der Waals surface area contributed by atoms with E-state index in [-0.39, 0.29) is 4.47 Å².